The summed E-state index contributed by atoms with van der Waals surface area (Å²) in [5.74, 6) is -0.789. The molecule has 1 atom stereocenters. The summed E-state index contributed by atoms with van der Waals surface area (Å²) < 4.78 is 40.6. The molecule has 2 aliphatic rings. The van der Waals surface area contributed by atoms with E-state index in [0.717, 1.165) is 31.4 Å². The number of hydrogen-bond donors (Lipinski definition) is 0. The van der Waals surface area contributed by atoms with Crippen LogP contribution in [0.2, 0.25) is 5.02 Å². The molecule has 8 heteroatoms. The number of piperidine rings is 1. The predicted molar refractivity (Wildman–Crippen MR) is 118 cm³/mol. The smallest absolute Gasteiger partial charge is 0.243 e. The van der Waals surface area contributed by atoms with Gasteiger partial charge in [0.1, 0.15) is 5.82 Å². The van der Waals surface area contributed by atoms with Crippen LogP contribution in [0.4, 0.5) is 4.39 Å². The van der Waals surface area contributed by atoms with Crippen LogP contribution in [0.5, 0.6) is 0 Å². The van der Waals surface area contributed by atoms with Crippen molar-refractivity contribution in [3.05, 3.63) is 64.4 Å². The summed E-state index contributed by atoms with van der Waals surface area (Å²) in [4.78, 5) is 15.0. The Hall–Kier alpha value is -1.96. The van der Waals surface area contributed by atoms with E-state index < -0.39 is 15.8 Å². The predicted octanol–water partition coefficient (Wildman–Crippen LogP) is 4.42. The van der Waals surface area contributed by atoms with Gasteiger partial charge >= 0.3 is 0 Å². The van der Waals surface area contributed by atoms with Crippen LogP contribution < -0.4 is 0 Å². The summed E-state index contributed by atoms with van der Waals surface area (Å²) in [6.07, 6.45) is 3.96. The molecule has 0 N–H and O–H groups in total. The molecule has 1 fully saturated rings. The summed E-state index contributed by atoms with van der Waals surface area (Å²) in [6.45, 7) is 0.506. The van der Waals surface area contributed by atoms with Gasteiger partial charge in [0.2, 0.25) is 15.9 Å². The van der Waals surface area contributed by atoms with E-state index in [9.17, 15) is 17.6 Å². The molecular formula is C23H26ClFN2O3S. The maximum absolute atomic E-state index is 13.4. The number of sulfonamides is 1. The number of aryl methyl sites for hydroxylation is 1. The van der Waals surface area contributed by atoms with Crippen molar-refractivity contribution in [2.75, 3.05) is 20.1 Å². The SMILES string of the molecule is CN(C(=O)C1CCN(S(=O)(=O)c2ccc(F)c(Cl)c2)CC1)C1CCCc2ccccc21. The lowest BCUT2D eigenvalue weighted by Gasteiger charge is -2.37. The molecule has 0 radical (unpaired) electrons. The molecule has 0 spiro atoms. The van der Waals surface area contributed by atoms with Gasteiger partial charge in [0.05, 0.1) is 16.0 Å². The van der Waals surface area contributed by atoms with Crippen molar-refractivity contribution in [1.82, 2.24) is 9.21 Å². The molecule has 5 nitrogen and oxygen atoms in total. The Morgan fingerprint density at radius 1 is 1.13 bits per heavy atom. The minimum absolute atomic E-state index is 0.0281. The minimum Gasteiger partial charge on any atom is -0.338 e. The van der Waals surface area contributed by atoms with E-state index in [1.165, 1.54) is 21.5 Å². The number of hydrogen-bond acceptors (Lipinski definition) is 3. The average molecular weight is 465 g/mol. The highest BCUT2D eigenvalue weighted by atomic mass is 35.5. The van der Waals surface area contributed by atoms with Gasteiger partial charge in [-0.25, -0.2) is 12.8 Å². The second-order valence-corrected chi connectivity index (χ2v) is 10.7. The fourth-order valence-corrected chi connectivity index (χ4v) is 6.44. The van der Waals surface area contributed by atoms with E-state index in [2.05, 4.69) is 12.1 Å². The van der Waals surface area contributed by atoms with Gasteiger partial charge in [-0.15, -0.1) is 0 Å². The van der Waals surface area contributed by atoms with E-state index in [4.69, 9.17) is 11.6 Å². The van der Waals surface area contributed by atoms with Crippen LogP contribution in [-0.2, 0) is 21.2 Å². The van der Waals surface area contributed by atoms with Crippen molar-refractivity contribution in [2.45, 2.75) is 43.0 Å². The maximum atomic E-state index is 13.4. The van der Waals surface area contributed by atoms with Crippen LogP contribution in [0, 0.1) is 11.7 Å². The molecule has 166 valence electrons. The first-order valence-electron chi connectivity index (χ1n) is 10.6. The summed E-state index contributed by atoms with van der Waals surface area (Å²) in [5.41, 5.74) is 2.52. The molecule has 1 aliphatic heterocycles. The Bertz CT molecular complexity index is 1080. The molecule has 1 amide bonds. The van der Waals surface area contributed by atoms with Crippen LogP contribution >= 0.6 is 11.6 Å². The van der Waals surface area contributed by atoms with Crippen LogP contribution in [0.25, 0.3) is 0 Å². The van der Waals surface area contributed by atoms with Gasteiger partial charge < -0.3 is 4.90 Å². The van der Waals surface area contributed by atoms with Crippen molar-refractivity contribution < 1.29 is 17.6 Å². The molecular weight excluding hydrogens is 439 g/mol. The summed E-state index contributed by atoms with van der Waals surface area (Å²) in [7, 11) is -1.91. The zero-order valence-electron chi connectivity index (χ0n) is 17.4. The first-order chi connectivity index (χ1) is 14.8. The molecule has 0 aromatic heterocycles. The quantitative estimate of drug-likeness (QED) is 0.673. The highest BCUT2D eigenvalue weighted by Gasteiger charge is 2.35. The van der Waals surface area contributed by atoms with Gasteiger partial charge in [0, 0.05) is 26.1 Å². The number of benzene rings is 2. The van der Waals surface area contributed by atoms with Crippen molar-refractivity contribution in [2.24, 2.45) is 5.92 Å². The molecule has 0 saturated carbocycles. The number of rotatable bonds is 4. The summed E-state index contributed by atoms with van der Waals surface area (Å²) in [6, 6.07) is 11.8. The Balaban J connectivity index is 1.43. The number of amides is 1. The Morgan fingerprint density at radius 3 is 2.55 bits per heavy atom. The van der Waals surface area contributed by atoms with Crippen LogP contribution in [-0.4, -0.2) is 43.7 Å². The third-order valence-electron chi connectivity index (χ3n) is 6.48. The molecule has 1 saturated heterocycles. The van der Waals surface area contributed by atoms with Crippen molar-refractivity contribution in [3.8, 4) is 0 Å². The van der Waals surface area contributed by atoms with Crippen LogP contribution in [0.1, 0.15) is 42.9 Å². The van der Waals surface area contributed by atoms with Gasteiger partial charge in [-0.05, 0) is 61.4 Å². The van der Waals surface area contributed by atoms with E-state index in [1.54, 1.807) is 0 Å². The molecule has 1 aliphatic carbocycles. The molecule has 0 bridgehead atoms. The fraction of sp³-hybridized carbons (Fsp3) is 0.435. The topological polar surface area (TPSA) is 57.7 Å². The molecule has 31 heavy (non-hydrogen) atoms. The van der Waals surface area contributed by atoms with Crippen molar-refractivity contribution >= 4 is 27.5 Å². The highest BCUT2D eigenvalue weighted by Crippen LogP contribution is 2.35. The number of carbonyl (C=O) groups is 1. The van der Waals surface area contributed by atoms with Crippen LogP contribution in [0.3, 0.4) is 0 Å². The number of nitrogens with zero attached hydrogens (tertiary/aromatic N) is 2. The molecule has 4 rings (SSSR count). The van der Waals surface area contributed by atoms with Gasteiger partial charge in [-0.3, -0.25) is 4.79 Å². The molecule has 1 heterocycles. The highest BCUT2D eigenvalue weighted by molar-refractivity contribution is 7.89. The Morgan fingerprint density at radius 2 is 1.84 bits per heavy atom. The van der Waals surface area contributed by atoms with E-state index in [-0.39, 0.29) is 40.9 Å². The Kier molecular flexibility index (Phi) is 6.37. The zero-order valence-corrected chi connectivity index (χ0v) is 19.0. The van der Waals surface area contributed by atoms with E-state index >= 15 is 0 Å². The lowest BCUT2D eigenvalue weighted by Crippen LogP contribution is -2.44. The minimum atomic E-state index is -3.77. The van der Waals surface area contributed by atoms with E-state index in [1.807, 2.05) is 24.1 Å². The first kappa shape index (κ1) is 22.2. The van der Waals surface area contributed by atoms with Crippen LogP contribution in [0.15, 0.2) is 47.4 Å². The van der Waals surface area contributed by atoms with Crippen molar-refractivity contribution in [1.29, 1.82) is 0 Å². The second-order valence-electron chi connectivity index (χ2n) is 8.31. The number of halogens is 2. The number of fused-ring (bicyclic) bond motifs is 1. The summed E-state index contributed by atoms with van der Waals surface area (Å²) in [5, 5.41) is -0.222. The van der Waals surface area contributed by atoms with E-state index in [0.29, 0.717) is 12.8 Å². The maximum Gasteiger partial charge on any atom is 0.243 e. The average Bonchev–Trinajstić information content (AvgIpc) is 2.79. The Labute approximate surface area is 187 Å². The molecule has 2 aromatic carbocycles. The van der Waals surface area contributed by atoms with Gasteiger partial charge in [-0.1, -0.05) is 35.9 Å². The monoisotopic (exact) mass is 464 g/mol. The zero-order chi connectivity index (χ0) is 22.2. The first-order valence-corrected chi connectivity index (χ1v) is 12.4. The lowest BCUT2D eigenvalue weighted by atomic mass is 9.86. The third-order valence-corrected chi connectivity index (χ3v) is 8.67. The largest absolute Gasteiger partial charge is 0.338 e. The lowest BCUT2D eigenvalue weighted by molar-refractivity contribution is -0.138. The summed E-state index contributed by atoms with van der Waals surface area (Å²) >= 11 is 5.76. The molecule has 2 aromatic rings. The standard InChI is InChI=1S/C23H26ClFN2O3S/c1-26(22-8-4-6-16-5-2-3-7-19(16)22)23(28)17-11-13-27(14-12-17)31(29,30)18-9-10-21(25)20(24)15-18/h2-3,5,7,9-10,15,17,22H,4,6,8,11-14H2,1H3. The van der Waals surface area contributed by atoms with Crippen molar-refractivity contribution in [3.63, 3.8) is 0 Å². The third kappa shape index (κ3) is 4.36. The number of carbonyl (C=O) groups excluding carboxylic acids is 1. The van der Waals surface area contributed by atoms with Gasteiger partial charge in [-0.2, -0.15) is 4.31 Å². The van der Waals surface area contributed by atoms with Gasteiger partial charge in [0.15, 0.2) is 0 Å². The van der Waals surface area contributed by atoms with Gasteiger partial charge in [0.25, 0.3) is 0 Å². The second kappa shape index (κ2) is 8.88. The molecule has 1 unspecified atom stereocenters. The normalized spacial score (nSPS) is 20.3. The fourth-order valence-electron chi connectivity index (χ4n) is 4.70.